The van der Waals surface area contributed by atoms with E-state index in [9.17, 15) is 4.79 Å². The van der Waals surface area contributed by atoms with E-state index in [1.54, 1.807) is 4.68 Å². The monoisotopic (exact) mass is 360 g/mol. The molecule has 0 spiro atoms. The number of carbonyl (C=O) groups is 1. The molecule has 1 amide bonds. The van der Waals surface area contributed by atoms with Crippen molar-refractivity contribution in [3.8, 4) is 5.69 Å². The summed E-state index contributed by atoms with van der Waals surface area (Å²) in [5.41, 5.74) is 4.80. The molecule has 0 saturated carbocycles. The molecule has 138 valence electrons. The number of anilines is 1. The Morgan fingerprint density at radius 2 is 1.52 bits per heavy atom. The van der Waals surface area contributed by atoms with E-state index in [-0.39, 0.29) is 5.91 Å². The number of para-hydroxylation sites is 1. The van der Waals surface area contributed by atoms with Crippen LogP contribution in [-0.4, -0.2) is 46.8 Å². The van der Waals surface area contributed by atoms with Crippen LogP contribution in [0.5, 0.6) is 0 Å². The molecule has 2 heterocycles. The lowest BCUT2D eigenvalue weighted by Crippen LogP contribution is -2.49. The zero-order valence-electron chi connectivity index (χ0n) is 15.8. The smallest absolute Gasteiger partial charge is 0.272 e. The number of carbonyl (C=O) groups excluding carboxylic acids is 1. The van der Waals surface area contributed by atoms with Crippen molar-refractivity contribution >= 4 is 11.6 Å². The summed E-state index contributed by atoms with van der Waals surface area (Å²) in [6.45, 7) is 7.09. The molecule has 1 fully saturated rings. The average molecular weight is 360 g/mol. The van der Waals surface area contributed by atoms with Crippen molar-refractivity contribution < 1.29 is 4.79 Å². The minimum absolute atomic E-state index is 0.0453. The lowest BCUT2D eigenvalue weighted by atomic mass is 10.2. The summed E-state index contributed by atoms with van der Waals surface area (Å²) in [5.74, 6) is 0.0453. The molecule has 0 N–H and O–H groups in total. The Balaban J connectivity index is 1.52. The summed E-state index contributed by atoms with van der Waals surface area (Å²) >= 11 is 0. The molecule has 0 unspecified atom stereocenters. The molecule has 4 rings (SSSR count). The number of aryl methyl sites for hydroxylation is 2. The van der Waals surface area contributed by atoms with Crippen molar-refractivity contribution in [2.45, 2.75) is 13.8 Å². The lowest BCUT2D eigenvalue weighted by molar-refractivity contribution is 0.0737. The summed E-state index contributed by atoms with van der Waals surface area (Å²) in [7, 11) is 0. The van der Waals surface area contributed by atoms with Crippen molar-refractivity contribution in [3.05, 3.63) is 77.6 Å². The van der Waals surface area contributed by atoms with Gasteiger partial charge in [0.2, 0.25) is 0 Å². The van der Waals surface area contributed by atoms with Gasteiger partial charge in [-0.1, -0.05) is 35.9 Å². The third-order valence-electron chi connectivity index (χ3n) is 5.02. The van der Waals surface area contributed by atoms with Gasteiger partial charge in [-0.3, -0.25) is 4.79 Å². The second-order valence-corrected chi connectivity index (χ2v) is 7.03. The lowest BCUT2D eigenvalue weighted by Gasteiger charge is -2.36. The molecule has 3 aromatic rings. The number of hydrogen-bond donors (Lipinski definition) is 0. The molecule has 0 radical (unpaired) electrons. The van der Waals surface area contributed by atoms with E-state index in [0.29, 0.717) is 18.8 Å². The van der Waals surface area contributed by atoms with E-state index in [1.165, 1.54) is 11.3 Å². The zero-order chi connectivity index (χ0) is 18.8. The van der Waals surface area contributed by atoms with E-state index < -0.39 is 0 Å². The molecule has 0 aliphatic carbocycles. The van der Waals surface area contributed by atoms with E-state index >= 15 is 0 Å². The Morgan fingerprint density at radius 1 is 0.852 bits per heavy atom. The normalized spacial score (nSPS) is 14.4. The van der Waals surface area contributed by atoms with Gasteiger partial charge in [0.15, 0.2) is 0 Å². The van der Waals surface area contributed by atoms with Crippen LogP contribution in [-0.2, 0) is 0 Å². The number of aromatic nitrogens is 2. The van der Waals surface area contributed by atoms with Gasteiger partial charge >= 0.3 is 0 Å². The maximum Gasteiger partial charge on any atom is 0.272 e. The number of piperazine rings is 1. The van der Waals surface area contributed by atoms with Gasteiger partial charge in [0.25, 0.3) is 5.91 Å². The fraction of sp³-hybridized carbons (Fsp3) is 0.273. The van der Waals surface area contributed by atoms with Crippen molar-refractivity contribution in [2.75, 3.05) is 31.1 Å². The predicted molar refractivity (Wildman–Crippen MR) is 108 cm³/mol. The molecule has 27 heavy (non-hydrogen) atoms. The first-order chi connectivity index (χ1) is 13.1. The van der Waals surface area contributed by atoms with Crippen molar-refractivity contribution in [2.24, 2.45) is 0 Å². The number of hydrogen-bond acceptors (Lipinski definition) is 3. The Hall–Kier alpha value is -3.08. The minimum Gasteiger partial charge on any atom is -0.368 e. The zero-order valence-corrected chi connectivity index (χ0v) is 15.8. The Kier molecular flexibility index (Phi) is 4.67. The summed E-state index contributed by atoms with van der Waals surface area (Å²) in [6.07, 6.45) is 0. The highest BCUT2D eigenvalue weighted by atomic mass is 16.2. The molecule has 5 nitrogen and oxygen atoms in total. The second kappa shape index (κ2) is 7.27. The second-order valence-electron chi connectivity index (χ2n) is 7.03. The Morgan fingerprint density at radius 3 is 2.19 bits per heavy atom. The Labute approximate surface area is 159 Å². The van der Waals surface area contributed by atoms with Crippen LogP contribution in [0.4, 0.5) is 5.69 Å². The maximum atomic E-state index is 13.2. The van der Waals surface area contributed by atoms with Crippen LogP contribution in [0.1, 0.15) is 21.7 Å². The van der Waals surface area contributed by atoms with Crippen LogP contribution < -0.4 is 4.90 Å². The van der Waals surface area contributed by atoms with Gasteiger partial charge in [0, 0.05) is 31.9 Å². The summed E-state index contributed by atoms with van der Waals surface area (Å²) in [5, 5.41) is 4.55. The van der Waals surface area contributed by atoms with E-state index in [4.69, 9.17) is 0 Å². The number of rotatable bonds is 3. The standard InChI is InChI=1S/C22H24N4O/c1-17-8-10-20(11-9-17)26-21(16-18(2)23-26)22(27)25-14-12-24(13-15-25)19-6-4-3-5-7-19/h3-11,16H,12-15H2,1-2H3. The molecular weight excluding hydrogens is 336 g/mol. The molecular formula is C22H24N4O. The first-order valence-corrected chi connectivity index (χ1v) is 9.35. The summed E-state index contributed by atoms with van der Waals surface area (Å²) < 4.78 is 1.76. The van der Waals surface area contributed by atoms with Crippen molar-refractivity contribution in [1.82, 2.24) is 14.7 Å². The molecule has 0 atom stereocenters. The molecule has 1 aromatic heterocycles. The first-order valence-electron chi connectivity index (χ1n) is 9.35. The minimum atomic E-state index is 0.0453. The average Bonchev–Trinajstić information content (AvgIpc) is 3.10. The van der Waals surface area contributed by atoms with Gasteiger partial charge in [-0.05, 0) is 44.2 Å². The number of benzene rings is 2. The van der Waals surface area contributed by atoms with E-state index in [1.807, 2.05) is 48.2 Å². The van der Waals surface area contributed by atoms with E-state index in [2.05, 4.69) is 41.2 Å². The number of amides is 1. The van der Waals surface area contributed by atoms with Gasteiger partial charge in [-0.2, -0.15) is 5.10 Å². The topological polar surface area (TPSA) is 41.4 Å². The fourth-order valence-corrected chi connectivity index (χ4v) is 3.50. The summed E-state index contributed by atoms with van der Waals surface area (Å²) in [4.78, 5) is 17.4. The highest BCUT2D eigenvalue weighted by Gasteiger charge is 2.25. The summed E-state index contributed by atoms with van der Waals surface area (Å²) in [6, 6.07) is 20.3. The van der Waals surface area contributed by atoms with Crippen LogP contribution in [0.2, 0.25) is 0 Å². The van der Waals surface area contributed by atoms with Gasteiger partial charge in [-0.15, -0.1) is 0 Å². The molecule has 1 saturated heterocycles. The first kappa shape index (κ1) is 17.3. The quantitative estimate of drug-likeness (QED) is 0.718. The highest BCUT2D eigenvalue weighted by molar-refractivity contribution is 5.93. The van der Waals surface area contributed by atoms with Crippen LogP contribution in [0.15, 0.2) is 60.7 Å². The molecule has 1 aliphatic rings. The molecule has 5 heteroatoms. The third-order valence-corrected chi connectivity index (χ3v) is 5.02. The van der Waals surface area contributed by atoms with Crippen LogP contribution in [0, 0.1) is 13.8 Å². The SMILES string of the molecule is Cc1ccc(-n2nc(C)cc2C(=O)N2CCN(c3ccccc3)CC2)cc1. The predicted octanol–water partition coefficient (Wildman–Crippen LogP) is 3.45. The molecule has 0 bridgehead atoms. The van der Waals surface area contributed by atoms with Gasteiger partial charge < -0.3 is 9.80 Å². The molecule has 1 aliphatic heterocycles. The Bertz CT molecular complexity index is 923. The number of nitrogens with zero attached hydrogens (tertiary/aromatic N) is 4. The van der Waals surface area contributed by atoms with Crippen molar-refractivity contribution in [1.29, 1.82) is 0 Å². The van der Waals surface area contributed by atoms with Crippen molar-refractivity contribution in [3.63, 3.8) is 0 Å². The van der Waals surface area contributed by atoms with Gasteiger partial charge in [-0.25, -0.2) is 4.68 Å². The van der Waals surface area contributed by atoms with Gasteiger partial charge in [0.1, 0.15) is 5.69 Å². The molecule has 2 aromatic carbocycles. The van der Waals surface area contributed by atoms with Crippen LogP contribution in [0.25, 0.3) is 5.69 Å². The van der Waals surface area contributed by atoms with Crippen LogP contribution >= 0.6 is 0 Å². The van der Waals surface area contributed by atoms with E-state index in [0.717, 1.165) is 24.5 Å². The maximum absolute atomic E-state index is 13.2. The highest BCUT2D eigenvalue weighted by Crippen LogP contribution is 2.19. The fourth-order valence-electron chi connectivity index (χ4n) is 3.50. The third kappa shape index (κ3) is 3.58. The van der Waals surface area contributed by atoms with Gasteiger partial charge in [0.05, 0.1) is 11.4 Å². The van der Waals surface area contributed by atoms with Crippen LogP contribution in [0.3, 0.4) is 0 Å². The largest absolute Gasteiger partial charge is 0.368 e.